The second-order valence-electron chi connectivity index (χ2n) is 6.31. The molecule has 1 aliphatic rings. The Bertz CT molecular complexity index is 661. The molecule has 0 saturated carbocycles. The summed E-state index contributed by atoms with van der Waals surface area (Å²) in [5.74, 6) is 0.905. The summed E-state index contributed by atoms with van der Waals surface area (Å²) in [6, 6.07) is 4.08. The highest BCUT2D eigenvalue weighted by Gasteiger charge is 2.19. The van der Waals surface area contributed by atoms with Crippen LogP contribution in [0.4, 0.5) is 0 Å². The summed E-state index contributed by atoms with van der Waals surface area (Å²) in [6.07, 6.45) is 4.42. The number of thiocarbonyl (C=S) groups is 1. The van der Waals surface area contributed by atoms with Crippen LogP contribution >= 0.6 is 12.2 Å². The van der Waals surface area contributed by atoms with E-state index in [4.69, 9.17) is 22.4 Å². The molecule has 5 heteroatoms. The number of rotatable bonds is 6. The first kappa shape index (κ1) is 18.5. The predicted molar refractivity (Wildman–Crippen MR) is 103 cm³/mol. The van der Waals surface area contributed by atoms with Gasteiger partial charge in [0.1, 0.15) is 16.4 Å². The second kappa shape index (κ2) is 8.29. The molecule has 0 amide bonds. The highest BCUT2D eigenvalue weighted by atomic mass is 32.1. The van der Waals surface area contributed by atoms with Crippen molar-refractivity contribution in [3.05, 3.63) is 40.6 Å². The molecule has 1 aliphatic heterocycles. The number of allylic oxidation sites excluding steroid dienone is 1. The minimum atomic E-state index is 0.682. The molecule has 0 aliphatic carbocycles. The minimum absolute atomic E-state index is 0.682. The number of ether oxygens (including phenoxy) is 1. The third-order valence-corrected chi connectivity index (χ3v) is 4.82. The normalized spacial score (nSPS) is 14.7. The molecular formula is C19H28N3OS+. The van der Waals surface area contributed by atoms with Crippen molar-refractivity contribution >= 4 is 22.9 Å². The standard InChI is InChI=1S/C19H27N3OS/c1-13-7-8-18(23-4)14(2)16(13)12-21-19(24)11-17(15(3)20)22-9-5-6-10-22/h7-8,11,20H,5-6,9-10,12H2,1-4H3,(H,21,24)/p+1/b17-11+,20-15?. The lowest BCUT2D eigenvalue weighted by atomic mass is 10.0. The predicted octanol–water partition coefficient (Wildman–Crippen LogP) is 1.93. The molecule has 0 atom stereocenters. The molecule has 1 aromatic carbocycles. The molecule has 2 rings (SSSR count). The van der Waals surface area contributed by atoms with Crippen molar-refractivity contribution in [3.8, 4) is 5.75 Å². The number of aryl methyl sites for hydroxylation is 1. The summed E-state index contributed by atoms with van der Waals surface area (Å²) in [4.78, 5) is 3.02. The van der Waals surface area contributed by atoms with Gasteiger partial charge in [-0.2, -0.15) is 0 Å². The van der Waals surface area contributed by atoms with Gasteiger partial charge in [-0.25, -0.2) is 0 Å². The maximum atomic E-state index is 6.06. The number of hydrogen-bond acceptors (Lipinski definition) is 3. The highest BCUT2D eigenvalue weighted by molar-refractivity contribution is 7.80. The van der Waals surface area contributed by atoms with Gasteiger partial charge in [0.15, 0.2) is 5.71 Å². The minimum Gasteiger partial charge on any atom is -0.496 e. The highest BCUT2D eigenvalue weighted by Crippen LogP contribution is 2.24. The van der Waals surface area contributed by atoms with Crippen LogP contribution in [0, 0.1) is 13.8 Å². The molecule has 1 fully saturated rings. The van der Waals surface area contributed by atoms with E-state index in [0.717, 1.165) is 35.8 Å². The first-order valence-corrected chi connectivity index (χ1v) is 8.81. The van der Waals surface area contributed by atoms with Crippen LogP contribution < -0.4 is 15.5 Å². The van der Waals surface area contributed by atoms with Crippen LogP contribution in [-0.2, 0) is 6.54 Å². The maximum Gasteiger partial charge on any atom is 0.193 e. The van der Waals surface area contributed by atoms with Gasteiger partial charge in [-0.1, -0.05) is 18.3 Å². The first-order valence-electron chi connectivity index (χ1n) is 8.41. The van der Waals surface area contributed by atoms with Gasteiger partial charge in [0.2, 0.25) is 0 Å². The van der Waals surface area contributed by atoms with Gasteiger partial charge in [-0.05, 0) is 49.4 Å². The van der Waals surface area contributed by atoms with E-state index < -0.39 is 0 Å². The molecule has 0 bridgehead atoms. The van der Waals surface area contributed by atoms with Crippen LogP contribution in [0.25, 0.3) is 0 Å². The van der Waals surface area contributed by atoms with E-state index in [1.807, 2.05) is 19.1 Å². The van der Waals surface area contributed by atoms with Crippen LogP contribution in [0.3, 0.4) is 0 Å². The largest absolute Gasteiger partial charge is 0.496 e. The quantitative estimate of drug-likeness (QED) is 0.469. The van der Waals surface area contributed by atoms with E-state index in [0.29, 0.717) is 11.5 Å². The van der Waals surface area contributed by atoms with Crippen molar-refractivity contribution in [2.75, 3.05) is 20.2 Å². The molecule has 1 saturated heterocycles. The molecule has 0 unspecified atom stereocenters. The van der Waals surface area contributed by atoms with E-state index in [-0.39, 0.29) is 0 Å². The van der Waals surface area contributed by atoms with Crippen molar-refractivity contribution in [1.82, 2.24) is 10.2 Å². The fourth-order valence-corrected chi connectivity index (χ4v) is 3.31. The second-order valence-corrected chi connectivity index (χ2v) is 6.75. The number of nitrogens with one attached hydrogen (secondary N) is 1. The SMILES string of the molecule is COc1ccc(C)c(CNC(=S)/C=C(\C(C)=[NH2+])N2CCCC2)c1C. The number of nitrogens with two attached hydrogens (primary N) is 1. The van der Waals surface area contributed by atoms with Crippen molar-refractivity contribution < 1.29 is 10.1 Å². The summed E-state index contributed by atoms with van der Waals surface area (Å²) in [6.45, 7) is 8.91. The van der Waals surface area contributed by atoms with Gasteiger partial charge in [0.25, 0.3) is 0 Å². The van der Waals surface area contributed by atoms with E-state index in [2.05, 4.69) is 30.1 Å². The molecule has 130 valence electrons. The zero-order chi connectivity index (χ0) is 17.7. The average Bonchev–Trinajstić information content (AvgIpc) is 3.06. The Balaban J connectivity index is 2.10. The Morgan fingerprint density at radius 3 is 2.58 bits per heavy atom. The third kappa shape index (κ3) is 4.35. The zero-order valence-electron chi connectivity index (χ0n) is 15.1. The Kier molecular flexibility index (Phi) is 6.37. The topological polar surface area (TPSA) is 50.1 Å². The van der Waals surface area contributed by atoms with E-state index in [1.165, 1.54) is 24.0 Å². The smallest absolute Gasteiger partial charge is 0.193 e. The van der Waals surface area contributed by atoms with Crippen LogP contribution in [0.2, 0.25) is 0 Å². The van der Waals surface area contributed by atoms with Gasteiger partial charge in [-0.3, -0.25) is 5.41 Å². The number of nitrogens with zero attached hydrogens (tertiary/aromatic N) is 1. The Morgan fingerprint density at radius 1 is 1.33 bits per heavy atom. The van der Waals surface area contributed by atoms with Crippen molar-refractivity contribution in [1.29, 1.82) is 0 Å². The molecule has 0 aromatic heterocycles. The zero-order valence-corrected chi connectivity index (χ0v) is 15.9. The van der Waals surface area contributed by atoms with E-state index in [1.54, 1.807) is 7.11 Å². The maximum absolute atomic E-state index is 6.06. The van der Waals surface area contributed by atoms with Crippen LogP contribution in [0.5, 0.6) is 5.75 Å². The summed E-state index contributed by atoms with van der Waals surface area (Å²) in [5.41, 5.74) is 5.46. The molecule has 0 spiro atoms. The molecular weight excluding hydrogens is 318 g/mol. The Morgan fingerprint density at radius 2 is 2.00 bits per heavy atom. The summed E-state index contributed by atoms with van der Waals surface area (Å²) in [7, 11) is 1.70. The van der Waals surface area contributed by atoms with Gasteiger partial charge in [-0.15, -0.1) is 0 Å². The Labute approximate surface area is 150 Å². The number of methoxy groups -OCH3 is 1. The lowest BCUT2D eigenvalue weighted by Crippen LogP contribution is -2.43. The van der Waals surface area contributed by atoms with Gasteiger partial charge in [0.05, 0.1) is 7.11 Å². The van der Waals surface area contributed by atoms with Crippen LogP contribution in [-0.4, -0.2) is 35.8 Å². The summed E-state index contributed by atoms with van der Waals surface area (Å²) < 4.78 is 5.41. The molecule has 3 N–H and O–H groups in total. The molecule has 4 nitrogen and oxygen atoms in total. The van der Waals surface area contributed by atoms with Crippen molar-refractivity contribution in [3.63, 3.8) is 0 Å². The lowest BCUT2D eigenvalue weighted by Gasteiger charge is -2.19. The monoisotopic (exact) mass is 346 g/mol. The number of likely N-dealkylation sites (tertiary alicyclic amines) is 1. The van der Waals surface area contributed by atoms with Crippen LogP contribution in [0.15, 0.2) is 23.9 Å². The summed E-state index contributed by atoms with van der Waals surface area (Å²) in [5, 5.41) is 9.41. The van der Waals surface area contributed by atoms with E-state index >= 15 is 0 Å². The third-order valence-electron chi connectivity index (χ3n) is 4.56. The number of hydrogen-bond donors (Lipinski definition) is 2. The van der Waals surface area contributed by atoms with Gasteiger partial charge < -0.3 is 15.0 Å². The molecule has 24 heavy (non-hydrogen) atoms. The van der Waals surface area contributed by atoms with Gasteiger partial charge >= 0.3 is 0 Å². The molecule has 1 aromatic rings. The first-order chi connectivity index (χ1) is 11.4. The van der Waals surface area contributed by atoms with Crippen molar-refractivity contribution in [2.24, 2.45) is 0 Å². The average molecular weight is 347 g/mol. The van der Waals surface area contributed by atoms with E-state index in [9.17, 15) is 0 Å². The number of benzene rings is 1. The summed E-state index contributed by atoms with van der Waals surface area (Å²) >= 11 is 5.52. The van der Waals surface area contributed by atoms with Crippen molar-refractivity contribution in [2.45, 2.75) is 40.2 Å². The molecule has 1 heterocycles. The van der Waals surface area contributed by atoms with Crippen LogP contribution in [0.1, 0.15) is 36.5 Å². The lowest BCUT2D eigenvalue weighted by molar-refractivity contribution is -0.114. The fraction of sp³-hybridized carbons (Fsp3) is 0.474. The molecule has 0 radical (unpaired) electrons. The van der Waals surface area contributed by atoms with Gasteiger partial charge in [0, 0.05) is 32.6 Å². The Hall–Kier alpha value is -1.88. The fourth-order valence-electron chi connectivity index (χ4n) is 3.13.